The van der Waals surface area contributed by atoms with Gasteiger partial charge in [-0.1, -0.05) is 6.08 Å². The van der Waals surface area contributed by atoms with Crippen LogP contribution in [-0.2, 0) is 14.4 Å². The van der Waals surface area contributed by atoms with Gasteiger partial charge in [-0.05, 0) is 12.8 Å². The Balaban J connectivity index is 2.24. The molecule has 0 aliphatic carbocycles. The van der Waals surface area contributed by atoms with Crippen molar-refractivity contribution in [3.8, 4) is 0 Å². The number of amides is 2. The highest BCUT2D eigenvalue weighted by molar-refractivity contribution is 6.12. The summed E-state index contributed by atoms with van der Waals surface area (Å²) in [4.78, 5) is 33.4. The second kappa shape index (κ2) is 5.09. The molecule has 0 atom stereocenters. The van der Waals surface area contributed by atoms with Crippen LogP contribution in [-0.4, -0.2) is 34.3 Å². The van der Waals surface area contributed by atoms with Crippen molar-refractivity contribution in [3.63, 3.8) is 0 Å². The number of hydrogen-bond donors (Lipinski definition) is 1. The highest BCUT2D eigenvalue weighted by Crippen LogP contribution is 2.05. The lowest BCUT2D eigenvalue weighted by Gasteiger charge is -2.11. The van der Waals surface area contributed by atoms with Gasteiger partial charge >= 0.3 is 5.97 Å². The first-order valence-corrected chi connectivity index (χ1v) is 4.54. The Bertz CT molecular complexity index is 325. The molecule has 0 fully saturated rings. The maximum Gasteiger partial charge on any atom is 0.327 e. The van der Waals surface area contributed by atoms with E-state index in [1.807, 2.05) is 0 Å². The first-order chi connectivity index (χ1) is 7.11. The van der Waals surface area contributed by atoms with Gasteiger partial charge in [-0.15, -0.1) is 0 Å². The van der Waals surface area contributed by atoms with Crippen LogP contribution < -0.4 is 0 Å². The van der Waals surface area contributed by atoms with Crippen molar-refractivity contribution in [2.24, 2.45) is 0 Å². The van der Waals surface area contributed by atoms with E-state index in [1.165, 1.54) is 18.2 Å². The van der Waals surface area contributed by atoms with Gasteiger partial charge in [-0.25, -0.2) is 4.79 Å². The van der Waals surface area contributed by atoms with E-state index < -0.39 is 5.97 Å². The van der Waals surface area contributed by atoms with Crippen LogP contribution in [0.2, 0.25) is 0 Å². The average Bonchev–Trinajstić information content (AvgIpc) is 2.47. The molecule has 1 N–H and O–H groups in total. The van der Waals surface area contributed by atoms with Gasteiger partial charge in [0, 0.05) is 24.8 Å². The van der Waals surface area contributed by atoms with Crippen LogP contribution in [0.1, 0.15) is 12.8 Å². The quantitative estimate of drug-likeness (QED) is 0.402. The second-order valence-electron chi connectivity index (χ2n) is 3.04. The lowest BCUT2D eigenvalue weighted by atomic mass is 10.2. The molecule has 5 nitrogen and oxygen atoms in total. The van der Waals surface area contributed by atoms with E-state index in [1.54, 1.807) is 0 Å². The number of carboxylic acid groups (broad SMARTS) is 1. The largest absolute Gasteiger partial charge is 0.478 e. The lowest BCUT2D eigenvalue weighted by molar-refractivity contribution is -0.137. The summed E-state index contributed by atoms with van der Waals surface area (Å²) in [5.74, 6) is -1.60. The maximum absolute atomic E-state index is 11.1. The van der Waals surface area contributed by atoms with E-state index in [-0.39, 0.29) is 11.8 Å². The SMILES string of the molecule is O=C(O)C=CCCCN1C(=O)C=CC1=O. The Kier molecular flexibility index (Phi) is 3.79. The molecule has 0 saturated carbocycles. The number of nitrogens with zero attached hydrogens (tertiary/aromatic N) is 1. The molecule has 0 aromatic carbocycles. The lowest BCUT2D eigenvalue weighted by Crippen LogP contribution is -2.30. The fraction of sp³-hybridized carbons (Fsp3) is 0.300. The van der Waals surface area contributed by atoms with Gasteiger partial charge in [-0.2, -0.15) is 0 Å². The smallest absolute Gasteiger partial charge is 0.327 e. The van der Waals surface area contributed by atoms with Gasteiger partial charge in [0.25, 0.3) is 11.8 Å². The van der Waals surface area contributed by atoms with E-state index in [4.69, 9.17) is 5.11 Å². The molecule has 0 aromatic heterocycles. The van der Waals surface area contributed by atoms with Crippen LogP contribution in [0.25, 0.3) is 0 Å². The second-order valence-corrected chi connectivity index (χ2v) is 3.04. The van der Waals surface area contributed by atoms with Crippen LogP contribution in [0.4, 0.5) is 0 Å². The van der Waals surface area contributed by atoms with Gasteiger partial charge in [0.05, 0.1) is 0 Å². The normalized spacial score (nSPS) is 15.6. The number of carbonyl (C=O) groups excluding carboxylic acids is 2. The third-order valence-electron chi connectivity index (χ3n) is 1.91. The molecule has 2 amide bonds. The monoisotopic (exact) mass is 209 g/mol. The molecule has 5 heteroatoms. The fourth-order valence-electron chi connectivity index (χ4n) is 1.20. The van der Waals surface area contributed by atoms with E-state index in [0.717, 1.165) is 11.0 Å². The molecule has 0 radical (unpaired) electrons. The Labute approximate surface area is 86.7 Å². The first kappa shape index (κ1) is 11.2. The van der Waals surface area contributed by atoms with Crippen LogP contribution in [0, 0.1) is 0 Å². The number of allylic oxidation sites excluding steroid dienone is 1. The highest BCUT2D eigenvalue weighted by Gasteiger charge is 2.21. The zero-order valence-electron chi connectivity index (χ0n) is 8.05. The van der Waals surface area contributed by atoms with Crippen molar-refractivity contribution in [1.82, 2.24) is 4.90 Å². The molecule has 0 unspecified atom stereocenters. The van der Waals surface area contributed by atoms with Crippen molar-refractivity contribution in [1.29, 1.82) is 0 Å². The minimum Gasteiger partial charge on any atom is -0.478 e. The summed E-state index contributed by atoms with van der Waals surface area (Å²) < 4.78 is 0. The van der Waals surface area contributed by atoms with Crippen molar-refractivity contribution in [3.05, 3.63) is 24.3 Å². The standard InChI is InChI=1S/C10H11NO4/c12-8-5-6-9(13)11(8)7-3-1-2-4-10(14)15/h2,4-6H,1,3,7H2,(H,14,15). The Morgan fingerprint density at radius 2 is 1.93 bits per heavy atom. The van der Waals surface area contributed by atoms with Gasteiger partial charge < -0.3 is 5.11 Å². The van der Waals surface area contributed by atoms with Gasteiger partial charge in [0.15, 0.2) is 0 Å². The molecule has 0 bridgehead atoms. The van der Waals surface area contributed by atoms with E-state index in [9.17, 15) is 14.4 Å². The van der Waals surface area contributed by atoms with Crippen LogP contribution in [0.15, 0.2) is 24.3 Å². The predicted octanol–water partition coefficient (Wildman–Crippen LogP) is 0.332. The number of rotatable bonds is 5. The molecule has 1 heterocycles. The van der Waals surface area contributed by atoms with E-state index in [0.29, 0.717) is 19.4 Å². The summed E-state index contributed by atoms with van der Waals surface area (Å²) in [5, 5.41) is 8.29. The van der Waals surface area contributed by atoms with Crippen molar-refractivity contribution >= 4 is 17.8 Å². The summed E-state index contributed by atoms with van der Waals surface area (Å²) in [6.07, 6.45) is 6.11. The predicted molar refractivity (Wildman–Crippen MR) is 51.9 cm³/mol. The molecular formula is C10H11NO4. The molecule has 0 aromatic rings. The van der Waals surface area contributed by atoms with Crippen molar-refractivity contribution in [2.45, 2.75) is 12.8 Å². The number of imide groups is 1. The molecule has 0 saturated heterocycles. The fourth-order valence-corrected chi connectivity index (χ4v) is 1.20. The zero-order valence-corrected chi connectivity index (χ0v) is 8.05. The number of carbonyl (C=O) groups is 3. The van der Waals surface area contributed by atoms with Crippen LogP contribution in [0.3, 0.4) is 0 Å². The van der Waals surface area contributed by atoms with Crippen molar-refractivity contribution in [2.75, 3.05) is 6.54 Å². The summed E-state index contributed by atoms with van der Waals surface area (Å²) >= 11 is 0. The highest BCUT2D eigenvalue weighted by atomic mass is 16.4. The van der Waals surface area contributed by atoms with Gasteiger partial charge in [-0.3, -0.25) is 14.5 Å². The van der Waals surface area contributed by atoms with Crippen LogP contribution >= 0.6 is 0 Å². The Morgan fingerprint density at radius 3 is 2.47 bits per heavy atom. The van der Waals surface area contributed by atoms with Gasteiger partial charge in [0.1, 0.15) is 0 Å². The molecule has 15 heavy (non-hydrogen) atoms. The number of hydrogen-bond acceptors (Lipinski definition) is 3. The van der Waals surface area contributed by atoms with Gasteiger partial charge in [0.2, 0.25) is 0 Å². The minimum atomic E-state index is -0.995. The van der Waals surface area contributed by atoms with Crippen LogP contribution in [0.5, 0.6) is 0 Å². The third kappa shape index (κ3) is 3.38. The summed E-state index contributed by atoms with van der Waals surface area (Å²) in [6, 6.07) is 0. The molecule has 80 valence electrons. The number of aliphatic carboxylic acids is 1. The molecule has 0 spiro atoms. The maximum atomic E-state index is 11.1. The Morgan fingerprint density at radius 1 is 1.33 bits per heavy atom. The minimum absolute atomic E-state index is 0.304. The first-order valence-electron chi connectivity index (χ1n) is 4.54. The van der Waals surface area contributed by atoms with Crippen molar-refractivity contribution < 1.29 is 19.5 Å². The molecule has 1 aliphatic rings. The number of carboxylic acids is 1. The van der Waals surface area contributed by atoms with E-state index >= 15 is 0 Å². The molecule has 1 aliphatic heterocycles. The number of unbranched alkanes of at least 4 members (excludes halogenated alkanes) is 1. The Hall–Kier alpha value is -1.91. The topological polar surface area (TPSA) is 74.7 Å². The zero-order chi connectivity index (χ0) is 11.3. The third-order valence-corrected chi connectivity index (χ3v) is 1.91. The summed E-state index contributed by atoms with van der Waals surface area (Å²) in [5.41, 5.74) is 0. The average molecular weight is 209 g/mol. The summed E-state index contributed by atoms with van der Waals surface area (Å²) in [7, 11) is 0. The molecule has 1 rings (SSSR count). The van der Waals surface area contributed by atoms with E-state index in [2.05, 4.69) is 0 Å². The molecular weight excluding hydrogens is 198 g/mol. The summed E-state index contributed by atoms with van der Waals surface area (Å²) in [6.45, 7) is 0.328.